The summed E-state index contributed by atoms with van der Waals surface area (Å²) in [7, 11) is 1.60. The van der Waals surface area contributed by atoms with E-state index in [2.05, 4.69) is 16.4 Å². The van der Waals surface area contributed by atoms with E-state index < -0.39 is 0 Å². The van der Waals surface area contributed by atoms with E-state index in [9.17, 15) is 9.59 Å². The van der Waals surface area contributed by atoms with Gasteiger partial charge in [-0.2, -0.15) is 0 Å². The van der Waals surface area contributed by atoms with Gasteiger partial charge in [-0.05, 0) is 43.6 Å². The molecule has 2 aromatic rings. The van der Waals surface area contributed by atoms with Gasteiger partial charge in [0.1, 0.15) is 4.70 Å². The number of aromatic nitrogens is 2. The van der Waals surface area contributed by atoms with Crippen LogP contribution in [-0.2, 0) is 16.1 Å². The summed E-state index contributed by atoms with van der Waals surface area (Å²) < 4.78 is 7.35. The number of thiophene rings is 1. The normalized spacial score (nSPS) is 14.3. The van der Waals surface area contributed by atoms with Gasteiger partial charge in [0, 0.05) is 13.7 Å². The number of hydrogen-bond acceptors (Lipinski definition) is 6. The number of carbonyl (C=O) groups excluding carboxylic acids is 1. The van der Waals surface area contributed by atoms with Crippen molar-refractivity contribution in [3.8, 4) is 0 Å². The zero-order valence-corrected chi connectivity index (χ0v) is 17.2. The molecule has 0 bridgehead atoms. The number of hydrogen-bond donors (Lipinski definition) is 1. The summed E-state index contributed by atoms with van der Waals surface area (Å²) in [5.74, 6) is 0.211. The van der Waals surface area contributed by atoms with E-state index in [1.54, 1.807) is 11.7 Å². The van der Waals surface area contributed by atoms with Crippen LogP contribution >= 0.6 is 23.1 Å². The standard InChI is InChI=1S/C19H25N3O3S2/c1-25-11-10-22-18(24)17-15(8-12-26-17)21-19(22)27-13-16(23)20-9-7-14-5-3-2-4-6-14/h5,8,12H,2-4,6-7,9-11,13H2,1H3,(H,20,23). The highest BCUT2D eigenvalue weighted by molar-refractivity contribution is 7.99. The summed E-state index contributed by atoms with van der Waals surface area (Å²) in [5, 5.41) is 5.40. The van der Waals surface area contributed by atoms with Crippen LogP contribution in [0.15, 0.2) is 33.0 Å². The number of fused-ring (bicyclic) bond motifs is 1. The van der Waals surface area contributed by atoms with Crippen molar-refractivity contribution in [3.63, 3.8) is 0 Å². The number of allylic oxidation sites excluding steroid dienone is 1. The maximum Gasteiger partial charge on any atom is 0.272 e. The van der Waals surface area contributed by atoms with E-state index in [1.807, 2.05) is 11.4 Å². The molecular formula is C19H25N3O3S2. The van der Waals surface area contributed by atoms with Crippen molar-refractivity contribution >= 4 is 39.2 Å². The Kier molecular flexibility index (Phi) is 7.49. The van der Waals surface area contributed by atoms with E-state index in [4.69, 9.17) is 4.74 Å². The van der Waals surface area contributed by atoms with Crippen LogP contribution in [-0.4, -0.2) is 41.5 Å². The second-order valence-corrected chi connectivity index (χ2v) is 8.33. The van der Waals surface area contributed by atoms with Gasteiger partial charge >= 0.3 is 0 Å². The first kappa shape index (κ1) is 20.1. The molecule has 1 aliphatic carbocycles. The van der Waals surface area contributed by atoms with Crippen LogP contribution in [0, 0.1) is 0 Å². The Hall–Kier alpha value is -1.64. The Morgan fingerprint density at radius 2 is 2.33 bits per heavy atom. The molecule has 0 atom stereocenters. The lowest BCUT2D eigenvalue weighted by molar-refractivity contribution is -0.118. The number of amides is 1. The van der Waals surface area contributed by atoms with Crippen molar-refractivity contribution in [3.05, 3.63) is 33.4 Å². The van der Waals surface area contributed by atoms with Gasteiger partial charge in [-0.1, -0.05) is 23.4 Å². The molecule has 1 N–H and O–H groups in total. The van der Waals surface area contributed by atoms with E-state index in [0.29, 0.717) is 35.1 Å². The quantitative estimate of drug-likeness (QED) is 0.393. The molecule has 0 saturated carbocycles. The third-order valence-corrected chi connectivity index (χ3v) is 6.40. The maximum absolute atomic E-state index is 12.7. The van der Waals surface area contributed by atoms with Crippen molar-refractivity contribution in [1.29, 1.82) is 0 Å². The van der Waals surface area contributed by atoms with Gasteiger partial charge in [-0.25, -0.2) is 4.98 Å². The minimum Gasteiger partial charge on any atom is -0.383 e. The van der Waals surface area contributed by atoms with Gasteiger partial charge < -0.3 is 10.1 Å². The molecule has 1 aliphatic rings. The van der Waals surface area contributed by atoms with E-state index in [1.165, 1.54) is 41.5 Å². The minimum atomic E-state index is -0.0702. The first-order chi connectivity index (χ1) is 13.2. The Morgan fingerprint density at radius 1 is 1.44 bits per heavy atom. The van der Waals surface area contributed by atoms with Crippen LogP contribution in [0.25, 0.3) is 10.2 Å². The summed E-state index contributed by atoms with van der Waals surface area (Å²) in [6.45, 7) is 1.51. The highest BCUT2D eigenvalue weighted by Crippen LogP contribution is 2.21. The van der Waals surface area contributed by atoms with Crippen molar-refractivity contribution < 1.29 is 9.53 Å². The highest BCUT2D eigenvalue weighted by atomic mass is 32.2. The van der Waals surface area contributed by atoms with Crippen LogP contribution < -0.4 is 10.9 Å². The third-order valence-electron chi connectivity index (χ3n) is 4.54. The fourth-order valence-corrected chi connectivity index (χ4v) is 4.72. The number of nitrogens with one attached hydrogen (secondary N) is 1. The lowest BCUT2D eigenvalue weighted by Gasteiger charge is -2.13. The first-order valence-corrected chi connectivity index (χ1v) is 11.1. The smallest absolute Gasteiger partial charge is 0.272 e. The Balaban J connectivity index is 1.59. The topological polar surface area (TPSA) is 73.2 Å². The number of methoxy groups -OCH3 is 1. The molecule has 27 heavy (non-hydrogen) atoms. The molecule has 2 heterocycles. The summed E-state index contributed by atoms with van der Waals surface area (Å²) in [4.78, 5) is 29.4. The van der Waals surface area contributed by atoms with Crippen LogP contribution in [0.2, 0.25) is 0 Å². The lowest BCUT2D eigenvalue weighted by atomic mass is 9.97. The summed E-state index contributed by atoms with van der Waals surface area (Å²) in [6.07, 6.45) is 8.08. The molecule has 1 amide bonds. The van der Waals surface area contributed by atoms with Gasteiger partial charge in [0.15, 0.2) is 5.16 Å². The van der Waals surface area contributed by atoms with Gasteiger partial charge in [0.2, 0.25) is 5.91 Å². The molecule has 8 heteroatoms. The Labute approximate surface area is 167 Å². The van der Waals surface area contributed by atoms with Crippen LogP contribution in [0.1, 0.15) is 32.1 Å². The molecular weight excluding hydrogens is 382 g/mol. The molecule has 3 rings (SSSR count). The second-order valence-electron chi connectivity index (χ2n) is 6.48. The van der Waals surface area contributed by atoms with Crippen molar-refractivity contribution in [2.75, 3.05) is 26.0 Å². The van der Waals surface area contributed by atoms with Gasteiger partial charge in [-0.15, -0.1) is 11.3 Å². The van der Waals surface area contributed by atoms with E-state index in [-0.39, 0.29) is 17.2 Å². The zero-order valence-electron chi connectivity index (χ0n) is 15.5. The van der Waals surface area contributed by atoms with Gasteiger partial charge in [0.25, 0.3) is 5.56 Å². The summed E-state index contributed by atoms with van der Waals surface area (Å²) in [6, 6.07) is 1.84. The van der Waals surface area contributed by atoms with Crippen LogP contribution in [0.3, 0.4) is 0 Å². The van der Waals surface area contributed by atoms with Gasteiger partial charge in [-0.3, -0.25) is 14.2 Å². The molecule has 0 aromatic carbocycles. The molecule has 0 unspecified atom stereocenters. The predicted octanol–water partition coefficient (Wildman–Crippen LogP) is 3.20. The summed E-state index contributed by atoms with van der Waals surface area (Å²) >= 11 is 2.69. The van der Waals surface area contributed by atoms with Crippen LogP contribution in [0.5, 0.6) is 0 Å². The molecule has 146 valence electrons. The maximum atomic E-state index is 12.7. The number of carbonyl (C=O) groups is 1. The number of thioether (sulfide) groups is 1. The van der Waals surface area contributed by atoms with Crippen molar-refractivity contribution in [2.24, 2.45) is 0 Å². The number of ether oxygens (including phenoxy) is 1. The monoisotopic (exact) mass is 407 g/mol. The molecule has 0 aliphatic heterocycles. The third kappa shape index (κ3) is 5.43. The Morgan fingerprint density at radius 3 is 3.11 bits per heavy atom. The molecule has 0 radical (unpaired) electrons. The zero-order chi connectivity index (χ0) is 19.1. The van der Waals surface area contributed by atoms with Crippen molar-refractivity contribution in [2.45, 2.75) is 43.8 Å². The SMILES string of the molecule is COCCn1c(SCC(=O)NCCC2=CCCCC2)nc2ccsc2c1=O. The molecule has 0 spiro atoms. The van der Waals surface area contributed by atoms with Crippen molar-refractivity contribution in [1.82, 2.24) is 14.9 Å². The van der Waals surface area contributed by atoms with Gasteiger partial charge in [0.05, 0.1) is 24.4 Å². The number of rotatable bonds is 9. The van der Waals surface area contributed by atoms with E-state index in [0.717, 1.165) is 19.3 Å². The average molecular weight is 408 g/mol. The fourth-order valence-electron chi connectivity index (χ4n) is 3.09. The van der Waals surface area contributed by atoms with Crippen LogP contribution in [0.4, 0.5) is 0 Å². The first-order valence-electron chi connectivity index (χ1n) is 9.23. The molecule has 0 saturated heterocycles. The molecule has 0 fully saturated rings. The molecule has 6 nitrogen and oxygen atoms in total. The van der Waals surface area contributed by atoms with E-state index >= 15 is 0 Å². The predicted molar refractivity (Wildman–Crippen MR) is 111 cm³/mol. The Bertz CT molecular complexity index is 873. The average Bonchev–Trinajstić information content (AvgIpc) is 3.15. The highest BCUT2D eigenvalue weighted by Gasteiger charge is 2.14. The second kappa shape index (κ2) is 10.1. The molecule has 2 aromatic heterocycles. The largest absolute Gasteiger partial charge is 0.383 e. The lowest BCUT2D eigenvalue weighted by Crippen LogP contribution is -2.28. The summed E-state index contributed by atoms with van der Waals surface area (Å²) in [5.41, 5.74) is 2.07. The fraction of sp³-hybridized carbons (Fsp3) is 0.526. The minimum absolute atomic E-state index is 0.0330. The number of nitrogens with zero attached hydrogens (tertiary/aromatic N) is 2.